The zero-order valence-corrected chi connectivity index (χ0v) is 24.6. The zero-order valence-electron chi connectivity index (χ0n) is 23.5. The summed E-state index contributed by atoms with van der Waals surface area (Å²) in [6, 6.07) is 8.60. The van der Waals surface area contributed by atoms with Crippen LogP contribution in [0.3, 0.4) is 0 Å². The number of hydrogen-bond donors (Lipinski definition) is 2. The first-order valence-corrected chi connectivity index (χ1v) is 14.6. The third kappa shape index (κ3) is 7.27. The Labute approximate surface area is 231 Å². The van der Waals surface area contributed by atoms with E-state index in [-0.39, 0.29) is 11.7 Å². The summed E-state index contributed by atoms with van der Waals surface area (Å²) in [5, 5.41) is 19.5. The van der Waals surface area contributed by atoms with Crippen molar-refractivity contribution in [3.8, 4) is 5.69 Å². The molecule has 38 heavy (non-hydrogen) atoms. The molecule has 0 spiro atoms. The lowest BCUT2D eigenvalue weighted by Gasteiger charge is -2.24. The normalized spacial score (nSPS) is 19.2. The minimum absolute atomic E-state index is 0.192. The van der Waals surface area contributed by atoms with Crippen LogP contribution in [0.5, 0.6) is 0 Å². The van der Waals surface area contributed by atoms with Crippen molar-refractivity contribution >= 4 is 14.5 Å². The molecule has 5 nitrogen and oxygen atoms in total. The van der Waals surface area contributed by atoms with Crippen molar-refractivity contribution in [2.45, 2.75) is 65.2 Å². The molecule has 0 amide bonds. The SMILES string of the molecule is C=C(O)CC(CN1CC[C@@H](CCC(=C)/C=C\C2=C(C)NCCC2)C1)c1cccc(-n2nc(C)c(P)c2C)c1. The first-order chi connectivity index (χ1) is 18.2. The second kappa shape index (κ2) is 13.0. The Balaban J connectivity index is 1.35. The molecule has 0 saturated carbocycles. The average molecular weight is 533 g/mol. The molecular weight excluding hydrogens is 487 g/mol. The number of aliphatic hydroxyl groups excluding tert-OH is 1. The molecule has 6 heteroatoms. The summed E-state index contributed by atoms with van der Waals surface area (Å²) in [6.45, 7) is 18.7. The van der Waals surface area contributed by atoms with Crippen molar-refractivity contribution in [2.75, 3.05) is 26.2 Å². The molecule has 2 unspecified atom stereocenters. The highest BCUT2D eigenvalue weighted by atomic mass is 31.0. The van der Waals surface area contributed by atoms with Gasteiger partial charge in [0.1, 0.15) is 0 Å². The number of nitrogens with zero attached hydrogens (tertiary/aromatic N) is 3. The number of aliphatic hydroxyl groups is 1. The van der Waals surface area contributed by atoms with Crippen molar-refractivity contribution in [3.05, 3.63) is 89.1 Å². The third-order valence-electron chi connectivity index (χ3n) is 8.15. The van der Waals surface area contributed by atoms with Gasteiger partial charge in [-0.3, -0.25) is 0 Å². The molecule has 3 heterocycles. The molecule has 1 aromatic heterocycles. The van der Waals surface area contributed by atoms with Crippen molar-refractivity contribution in [1.29, 1.82) is 0 Å². The average Bonchev–Trinajstić information content (AvgIpc) is 3.45. The van der Waals surface area contributed by atoms with Gasteiger partial charge in [-0.15, -0.1) is 9.24 Å². The Morgan fingerprint density at radius 1 is 1.29 bits per heavy atom. The molecule has 1 aromatic carbocycles. The molecule has 1 saturated heterocycles. The summed E-state index contributed by atoms with van der Waals surface area (Å²) < 4.78 is 2.02. The molecule has 204 valence electrons. The van der Waals surface area contributed by atoms with Gasteiger partial charge < -0.3 is 15.3 Å². The van der Waals surface area contributed by atoms with Gasteiger partial charge in [-0.05, 0) is 88.6 Å². The Morgan fingerprint density at radius 3 is 2.82 bits per heavy atom. The standard InChI is InChI=1S/C32H45N4OP/c1-22(12-14-28-9-7-16-33-24(28)3)11-13-27-15-17-35(20-27)21-30(18-23(2)37)29-8-6-10-31(19-29)36-26(5)32(38)25(4)34-36/h6,8,10,12,14,19,27,30,33,37H,1-2,7,9,11,13,15-18,20-21,38H2,3-5H3/b14-12-/t27-,30?/m1/s1. The highest BCUT2D eigenvalue weighted by Gasteiger charge is 2.26. The number of likely N-dealkylation sites (tertiary alicyclic amines) is 1. The molecule has 1 fully saturated rings. The fraction of sp³-hybridized carbons (Fsp3) is 0.469. The fourth-order valence-electron chi connectivity index (χ4n) is 5.77. The van der Waals surface area contributed by atoms with Crippen LogP contribution in [0.2, 0.25) is 0 Å². The van der Waals surface area contributed by atoms with Crippen LogP contribution in [-0.4, -0.2) is 46.0 Å². The van der Waals surface area contributed by atoms with Crippen LogP contribution in [-0.2, 0) is 0 Å². The van der Waals surface area contributed by atoms with Gasteiger partial charge in [0, 0.05) is 48.7 Å². The zero-order chi connectivity index (χ0) is 27.2. The van der Waals surface area contributed by atoms with Crippen LogP contribution in [0.25, 0.3) is 5.69 Å². The maximum Gasteiger partial charge on any atom is 0.0857 e. The lowest BCUT2D eigenvalue weighted by molar-refractivity contribution is 0.282. The summed E-state index contributed by atoms with van der Waals surface area (Å²) in [5.74, 6) is 1.13. The van der Waals surface area contributed by atoms with Crippen molar-refractivity contribution in [1.82, 2.24) is 20.0 Å². The van der Waals surface area contributed by atoms with E-state index in [1.54, 1.807) is 0 Å². The Bertz CT molecular complexity index is 1220. The van der Waals surface area contributed by atoms with Gasteiger partial charge in [-0.25, -0.2) is 4.68 Å². The van der Waals surface area contributed by atoms with Gasteiger partial charge in [0.2, 0.25) is 0 Å². The van der Waals surface area contributed by atoms with Gasteiger partial charge in [0.25, 0.3) is 0 Å². The van der Waals surface area contributed by atoms with Crippen LogP contribution >= 0.6 is 9.24 Å². The smallest absolute Gasteiger partial charge is 0.0857 e. The highest BCUT2D eigenvalue weighted by molar-refractivity contribution is 7.27. The summed E-state index contributed by atoms with van der Waals surface area (Å²) in [6.07, 6.45) is 10.9. The summed E-state index contributed by atoms with van der Waals surface area (Å²) >= 11 is 0. The molecule has 0 radical (unpaired) electrons. The number of hydrogen-bond acceptors (Lipinski definition) is 4. The summed E-state index contributed by atoms with van der Waals surface area (Å²) in [5.41, 5.74) is 8.38. The molecule has 3 atom stereocenters. The predicted octanol–water partition coefficient (Wildman–Crippen LogP) is 6.41. The van der Waals surface area contributed by atoms with Crippen LogP contribution < -0.4 is 10.6 Å². The van der Waals surface area contributed by atoms with Crippen molar-refractivity contribution < 1.29 is 5.11 Å². The number of benzene rings is 1. The molecular formula is C32H45N4OP. The van der Waals surface area contributed by atoms with Gasteiger partial charge >= 0.3 is 0 Å². The maximum atomic E-state index is 10.1. The van der Waals surface area contributed by atoms with E-state index in [9.17, 15) is 5.11 Å². The van der Waals surface area contributed by atoms with Gasteiger partial charge in [-0.2, -0.15) is 5.10 Å². The molecule has 0 aliphatic carbocycles. The summed E-state index contributed by atoms with van der Waals surface area (Å²) in [4.78, 5) is 2.56. The van der Waals surface area contributed by atoms with Crippen LogP contribution in [0.4, 0.5) is 0 Å². The second-order valence-electron chi connectivity index (χ2n) is 11.2. The van der Waals surface area contributed by atoms with Gasteiger partial charge in [-0.1, -0.05) is 43.0 Å². The fourth-order valence-corrected chi connectivity index (χ4v) is 5.95. The number of nitrogens with one attached hydrogen (secondary N) is 1. The number of aryl methyl sites for hydroxylation is 1. The van der Waals surface area contributed by atoms with E-state index < -0.39 is 0 Å². The van der Waals surface area contributed by atoms with Crippen molar-refractivity contribution in [3.63, 3.8) is 0 Å². The van der Waals surface area contributed by atoms with Crippen LogP contribution in [0, 0.1) is 19.8 Å². The molecule has 2 N–H and O–H groups in total. The lowest BCUT2D eigenvalue weighted by Crippen LogP contribution is -2.27. The van der Waals surface area contributed by atoms with Crippen molar-refractivity contribution in [2.24, 2.45) is 5.92 Å². The maximum absolute atomic E-state index is 10.1. The largest absolute Gasteiger partial charge is 0.513 e. The molecule has 4 rings (SSSR count). The van der Waals surface area contributed by atoms with Gasteiger partial charge in [0.15, 0.2) is 0 Å². The van der Waals surface area contributed by atoms with E-state index >= 15 is 0 Å². The molecule has 2 aliphatic heterocycles. The number of allylic oxidation sites excluding steroid dienone is 6. The Hall–Kier alpha value is -2.62. The molecule has 0 bridgehead atoms. The van der Waals surface area contributed by atoms with E-state index in [2.05, 4.69) is 82.9 Å². The van der Waals surface area contributed by atoms with Gasteiger partial charge in [0.05, 0.1) is 17.1 Å². The van der Waals surface area contributed by atoms with Crippen LogP contribution in [0.1, 0.15) is 68.3 Å². The van der Waals surface area contributed by atoms with Crippen LogP contribution in [0.15, 0.2) is 72.2 Å². The topological polar surface area (TPSA) is 53.3 Å². The van der Waals surface area contributed by atoms with E-state index in [1.165, 1.54) is 41.7 Å². The summed E-state index contributed by atoms with van der Waals surface area (Å²) in [7, 11) is 2.80. The quantitative estimate of drug-likeness (QED) is 0.200. The van der Waals surface area contributed by atoms with E-state index in [0.29, 0.717) is 12.3 Å². The number of rotatable bonds is 11. The lowest BCUT2D eigenvalue weighted by atomic mass is 9.93. The molecule has 2 aromatic rings. The Morgan fingerprint density at radius 2 is 2.11 bits per heavy atom. The minimum Gasteiger partial charge on any atom is -0.513 e. The van der Waals surface area contributed by atoms with E-state index in [1.807, 2.05) is 11.6 Å². The second-order valence-corrected chi connectivity index (χ2v) is 11.8. The monoisotopic (exact) mass is 532 g/mol. The first kappa shape index (κ1) is 28.4. The van der Waals surface area contributed by atoms with E-state index in [0.717, 1.165) is 61.4 Å². The highest BCUT2D eigenvalue weighted by Crippen LogP contribution is 2.30. The minimum atomic E-state index is 0.192. The number of aromatic nitrogens is 2. The predicted molar refractivity (Wildman–Crippen MR) is 164 cm³/mol. The Kier molecular flexibility index (Phi) is 9.68. The first-order valence-electron chi connectivity index (χ1n) is 14.0. The van der Waals surface area contributed by atoms with E-state index in [4.69, 9.17) is 5.10 Å². The third-order valence-corrected chi connectivity index (χ3v) is 8.99. The molecule has 2 aliphatic rings.